The van der Waals surface area contributed by atoms with Crippen LogP contribution < -0.4 is 10.6 Å². The highest BCUT2D eigenvalue weighted by Crippen LogP contribution is 2.33. The summed E-state index contributed by atoms with van der Waals surface area (Å²) >= 11 is 0. The van der Waals surface area contributed by atoms with Gasteiger partial charge in [-0.25, -0.2) is 4.98 Å². The first-order valence-corrected chi connectivity index (χ1v) is 5.71. The fourth-order valence-corrected chi connectivity index (χ4v) is 2.73. The van der Waals surface area contributed by atoms with E-state index in [1.54, 1.807) is 0 Å². The standard InChI is InChI=1S/C10H15N5O/c16-10(11-4-9-12-5-13-15-9)7-3-6-1-2-8(7)14-6/h5-8,14H,1-4H2,(H,11,16)(H,12,13,15). The number of rotatable bonds is 3. The van der Waals surface area contributed by atoms with E-state index >= 15 is 0 Å². The van der Waals surface area contributed by atoms with Gasteiger partial charge in [0, 0.05) is 12.1 Å². The lowest BCUT2D eigenvalue weighted by Gasteiger charge is -2.18. The van der Waals surface area contributed by atoms with Gasteiger partial charge in [-0.3, -0.25) is 9.89 Å². The number of carbonyl (C=O) groups excluding carboxylic acids is 1. The molecule has 1 aromatic heterocycles. The molecule has 2 saturated heterocycles. The molecule has 6 nitrogen and oxygen atoms in total. The molecule has 1 amide bonds. The quantitative estimate of drug-likeness (QED) is 0.646. The fraction of sp³-hybridized carbons (Fsp3) is 0.700. The van der Waals surface area contributed by atoms with Crippen LogP contribution >= 0.6 is 0 Å². The van der Waals surface area contributed by atoms with Gasteiger partial charge in [0.2, 0.25) is 5.91 Å². The molecule has 0 saturated carbocycles. The number of carbonyl (C=O) groups is 1. The van der Waals surface area contributed by atoms with E-state index in [1.807, 2.05) is 0 Å². The van der Waals surface area contributed by atoms with Crippen LogP contribution in [0.3, 0.4) is 0 Å². The topological polar surface area (TPSA) is 82.7 Å². The third-order valence-corrected chi connectivity index (χ3v) is 3.53. The van der Waals surface area contributed by atoms with E-state index in [0.29, 0.717) is 24.5 Å². The Balaban J connectivity index is 1.54. The zero-order valence-corrected chi connectivity index (χ0v) is 8.94. The molecule has 2 fully saturated rings. The summed E-state index contributed by atoms with van der Waals surface area (Å²) in [6.07, 6.45) is 4.77. The molecular formula is C10H15N5O. The molecular weight excluding hydrogens is 206 g/mol. The van der Waals surface area contributed by atoms with Crippen LogP contribution in [0.2, 0.25) is 0 Å². The van der Waals surface area contributed by atoms with Crippen molar-refractivity contribution in [2.24, 2.45) is 5.92 Å². The highest BCUT2D eigenvalue weighted by atomic mass is 16.1. The maximum absolute atomic E-state index is 11.9. The van der Waals surface area contributed by atoms with Crippen LogP contribution in [-0.2, 0) is 11.3 Å². The van der Waals surface area contributed by atoms with Gasteiger partial charge < -0.3 is 10.6 Å². The summed E-state index contributed by atoms with van der Waals surface area (Å²) in [5, 5.41) is 12.8. The van der Waals surface area contributed by atoms with Crippen LogP contribution in [0.1, 0.15) is 25.1 Å². The smallest absolute Gasteiger partial charge is 0.225 e. The van der Waals surface area contributed by atoms with E-state index in [1.165, 1.54) is 12.7 Å². The minimum Gasteiger partial charge on any atom is -0.349 e. The van der Waals surface area contributed by atoms with Crippen LogP contribution in [0, 0.1) is 5.92 Å². The Bertz CT molecular complexity index is 377. The molecule has 0 aromatic carbocycles. The third-order valence-electron chi connectivity index (χ3n) is 3.53. The van der Waals surface area contributed by atoms with E-state index in [9.17, 15) is 4.79 Å². The lowest BCUT2D eigenvalue weighted by molar-refractivity contribution is -0.125. The number of H-pyrrole nitrogens is 1. The van der Waals surface area contributed by atoms with Gasteiger partial charge in [-0.15, -0.1) is 0 Å². The lowest BCUT2D eigenvalue weighted by Crippen LogP contribution is -2.37. The van der Waals surface area contributed by atoms with Crippen molar-refractivity contribution in [3.63, 3.8) is 0 Å². The van der Waals surface area contributed by atoms with Gasteiger partial charge >= 0.3 is 0 Å². The number of fused-ring (bicyclic) bond motifs is 2. The van der Waals surface area contributed by atoms with Crippen molar-refractivity contribution in [2.45, 2.75) is 37.9 Å². The van der Waals surface area contributed by atoms with Crippen molar-refractivity contribution in [3.05, 3.63) is 12.2 Å². The molecule has 3 N–H and O–H groups in total. The Kier molecular flexibility index (Phi) is 2.36. The number of hydrogen-bond donors (Lipinski definition) is 3. The monoisotopic (exact) mass is 221 g/mol. The van der Waals surface area contributed by atoms with Gasteiger partial charge in [0.1, 0.15) is 12.2 Å². The average Bonchev–Trinajstić information content (AvgIpc) is 3.01. The van der Waals surface area contributed by atoms with Gasteiger partial charge in [0.05, 0.1) is 12.5 Å². The number of nitrogens with one attached hydrogen (secondary N) is 3. The Morgan fingerprint density at radius 3 is 3.12 bits per heavy atom. The summed E-state index contributed by atoms with van der Waals surface area (Å²) < 4.78 is 0. The SMILES string of the molecule is O=C(NCc1ncn[nH]1)C1CC2CCC1N2. The Morgan fingerprint density at radius 1 is 1.56 bits per heavy atom. The molecule has 0 radical (unpaired) electrons. The summed E-state index contributed by atoms with van der Waals surface area (Å²) in [5.41, 5.74) is 0. The maximum atomic E-state index is 11.9. The first-order valence-electron chi connectivity index (χ1n) is 5.71. The fourth-order valence-electron chi connectivity index (χ4n) is 2.73. The molecule has 16 heavy (non-hydrogen) atoms. The van der Waals surface area contributed by atoms with Gasteiger partial charge in [0.15, 0.2) is 0 Å². The lowest BCUT2D eigenvalue weighted by atomic mass is 9.88. The van der Waals surface area contributed by atoms with Crippen molar-refractivity contribution < 1.29 is 4.79 Å². The number of aromatic nitrogens is 3. The van der Waals surface area contributed by atoms with E-state index in [-0.39, 0.29) is 11.8 Å². The highest BCUT2D eigenvalue weighted by Gasteiger charge is 2.42. The molecule has 86 valence electrons. The van der Waals surface area contributed by atoms with E-state index in [4.69, 9.17) is 0 Å². The highest BCUT2D eigenvalue weighted by molar-refractivity contribution is 5.80. The van der Waals surface area contributed by atoms with Crippen molar-refractivity contribution in [1.82, 2.24) is 25.8 Å². The predicted molar refractivity (Wildman–Crippen MR) is 56.3 cm³/mol. The normalized spacial score (nSPS) is 31.9. The maximum Gasteiger partial charge on any atom is 0.225 e. The molecule has 1 aromatic rings. The van der Waals surface area contributed by atoms with Gasteiger partial charge in [-0.1, -0.05) is 0 Å². The van der Waals surface area contributed by atoms with E-state index < -0.39 is 0 Å². The summed E-state index contributed by atoms with van der Waals surface area (Å²) in [7, 11) is 0. The zero-order valence-electron chi connectivity index (χ0n) is 8.94. The molecule has 3 heterocycles. The van der Waals surface area contributed by atoms with Crippen LogP contribution in [-0.4, -0.2) is 33.2 Å². The molecule has 0 aliphatic carbocycles. The van der Waals surface area contributed by atoms with Crippen LogP contribution in [0.5, 0.6) is 0 Å². The van der Waals surface area contributed by atoms with E-state index in [2.05, 4.69) is 25.8 Å². The van der Waals surface area contributed by atoms with Crippen molar-refractivity contribution in [3.8, 4) is 0 Å². The summed E-state index contributed by atoms with van der Waals surface area (Å²) in [6.45, 7) is 0.437. The van der Waals surface area contributed by atoms with Crippen LogP contribution in [0.15, 0.2) is 6.33 Å². The first kappa shape index (κ1) is 9.77. The van der Waals surface area contributed by atoms with Crippen molar-refractivity contribution in [1.29, 1.82) is 0 Å². The molecule has 0 spiro atoms. The van der Waals surface area contributed by atoms with E-state index in [0.717, 1.165) is 12.8 Å². The first-order chi connectivity index (χ1) is 7.83. The largest absolute Gasteiger partial charge is 0.349 e. The number of hydrogen-bond acceptors (Lipinski definition) is 4. The molecule has 3 rings (SSSR count). The second-order valence-corrected chi connectivity index (χ2v) is 4.54. The molecule has 3 atom stereocenters. The molecule has 2 aliphatic rings. The summed E-state index contributed by atoms with van der Waals surface area (Å²) in [5.74, 6) is 0.974. The van der Waals surface area contributed by atoms with Gasteiger partial charge in [0.25, 0.3) is 0 Å². The van der Waals surface area contributed by atoms with Gasteiger partial charge in [-0.05, 0) is 19.3 Å². The predicted octanol–water partition coefficient (Wildman–Crippen LogP) is -0.439. The molecule has 6 heteroatoms. The third kappa shape index (κ3) is 1.69. The Morgan fingerprint density at radius 2 is 2.50 bits per heavy atom. The summed E-state index contributed by atoms with van der Waals surface area (Å²) in [6, 6.07) is 0.950. The molecule has 2 aliphatic heterocycles. The molecule has 2 bridgehead atoms. The second kappa shape index (κ2) is 3.86. The van der Waals surface area contributed by atoms with Crippen molar-refractivity contribution in [2.75, 3.05) is 0 Å². The summed E-state index contributed by atoms with van der Waals surface area (Å²) in [4.78, 5) is 15.9. The Hall–Kier alpha value is -1.43. The van der Waals surface area contributed by atoms with Crippen LogP contribution in [0.25, 0.3) is 0 Å². The number of aromatic amines is 1. The minimum atomic E-state index is 0.135. The number of nitrogens with zero attached hydrogens (tertiary/aromatic N) is 2. The van der Waals surface area contributed by atoms with Gasteiger partial charge in [-0.2, -0.15) is 5.10 Å². The molecule has 3 unspecified atom stereocenters. The Labute approximate surface area is 93.2 Å². The minimum absolute atomic E-state index is 0.135. The number of amides is 1. The zero-order chi connectivity index (χ0) is 11.0. The average molecular weight is 221 g/mol. The van der Waals surface area contributed by atoms with Crippen LogP contribution in [0.4, 0.5) is 0 Å². The van der Waals surface area contributed by atoms with Crippen molar-refractivity contribution >= 4 is 5.91 Å². The second-order valence-electron chi connectivity index (χ2n) is 4.54.